The molecule has 2 aromatic heterocycles. The molecule has 2 aromatic rings. The Morgan fingerprint density at radius 2 is 2.05 bits per heavy atom. The number of hydrogen-bond acceptors (Lipinski definition) is 4. The largest absolute Gasteiger partial charge is 0.325 e. The predicted octanol–water partition coefficient (Wildman–Crippen LogP) is 0.646. The van der Waals surface area contributed by atoms with E-state index in [9.17, 15) is 14.4 Å². The first kappa shape index (κ1) is 14.7. The van der Waals surface area contributed by atoms with Crippen LogP contribution in [0, 0.1) is 13.8 Å². The molecule has 0 aliphatic rings. The van der Waals surface area contributed by atoms with Gasteiger partial charge in [0.1, 0.15) is 5.82 Å². The number of carbonyl (C=O) groups excluding carboxylic acids is 1. The topological polar surface area (TPSA) is 108 Å². The summed E-state index contributed by atoms with van der Waals surface area (Å²) in [7, 11) is 0. The van der Waals surface area contributed by atoms with Crippen molar-refractivity contribution in [3.63, 3.8) is 0 Å². The molecule has 2 heterocycles. The van der Waals surface area contributed by atoms with Crippen LogP contribution in [0.25, 0.3) is 0 Å². The fourth-order valence-corrected chi connectivity index (χ4v) is 1.98. The number of anilines is 1. The number of nitrogens with zero attached hydrogens (tertiary/aromatic N) is 1. The number of H-pyrrole nitrogens is 2. The molecule has 21 heavy (non-hydrogen) atoms. The molecule has 0 bridgehead atoms. The Kier molecular flexibility index (Phi) is 4.32. The zero-order valence-electron chi connectivity index (χ0n) is 11.8. The molecule has 110 valence electrons. The van der Waals surface area contributed by atoms with Crippen LogP contribution >= 0.6 is 0 Å². The first-order valence-electron chi connectivity index (χ1n) is 6.51. The molecule has 2 rings (SSSR count). The highest BCUT2D eigenvalue weighted by Gasteiger charge is 2.10. The van der Waals surface area contributed by atoms with Crippen molar-refractivity contribution >= 4 is 11.7 Å². The Balaban J connectivity index is 2.04. The molecular formula is C14H16N4O3. The van der Waals surface area contributed by atoms with Crippen molar-refractivity contribution in [1.29, 1.82) is 0 Å². The average molecular weight is 288 g/mol. The number of carbonyl (C=O) groups is 1. The number of aromatic nitrogens is 3. The third kappa shape index (κ3) is 3.65. The van der Waals surface area contributed by atoms with Crippen molar-refractivity contribution in [2.75, 3.05) is 5.32 Å². The number of aromatic amines is 2. The minimum atomic E-state index is -0.546. The molecule has 7 heteroatoms. The van der Waals surface area contributed by atoms with Gasteiger partial charge in [0.05, 0.1) is 0 Å². The molecule has 1 amide bonds. The predicted molar refractivity (Wildman–Crippen MR) is 78.3 cm³/mol. The number of nitrogens with one attached hydrogen (secondary N) is 3. The van der Waals surface area contributed by atoms with E-state index in [0.717, 1.165) is 5.56 Å². The van der Waals surface area contributed by atoms with Gasteiger partial charge in [-0.3, -0.25) is 14.6 Å². The monoisotopic (exact) mass is 288 g/mol. The second kappa shape index (κ2) is 6.17. The van der Waals surface area contributed by atoms with Gasteiger partial charge in [-0.25, -0.2) is 9.78 Å². The first-order chi connectivity index (χ1) is 9.97. The van der Waals surface area contributed by atoms with Crippen LogP contribution in [0.2, 0.25) is 0 Å². The van der Waals surface area contributed by atoms with Crippen LogP contribution in [-0.4, -0.2) is 20.9 Å². The summed E-state index contributed by atoms with van der Waals surface area (Å²) in [6, 6.07) is 3.63. The summed E-state index contributed by atoms with van der Waals surface area (Å²) in [5.41, 5.74) is 0.741. The number of amides is 1. The minimum absolute atomic E-state index is 0.131. The number of pyridine rings is 1. The maximum absolute atomic E-state index is 11.9. The lowest BCUT2D eigenvalue weighted by atomic mass is 10.1. The summed E-state index contributed by atoms with van der Waals surface area (Å²) in [5.74, 6) is 0.274. The highest BCUT2D eigenvalue weighted by atomic mass is 16.2. The molecule has 0 aliphatic carbocycles. The Morgan fingerprint density at radius 1 is 1.29 bits per heavy atom. The van der Waals surface area contributed by atoms with Gasteiger partial charge >= 0.3 is 5.69 Å². The summed E-state index contributed by atoms with van der Waals surface area (Å²) in [5, 5.41) is 2.70. The van der Waals surface area contributed by atoms with Gasteiger partial charge in [0.2, 0.25) is 5.91 Å². The summed E-state index contributed by atoms with van der Waals surface area (Å²) in [6.07, 6.45) is 1.97. The van der Waals surface area contributed by atoms with E-state index in [-0.39, 0.29) is 18.7 Å². The molecule has 0 saturated heterocycles. The van der Waals surface area contributed by atoms with Crippen LogP contribution in [0.1, 0.15) is 23.2 Å². The molecule has 0 atom stereocenters. The van der Waals surface area contributed by atoms with Crippen LogP contribution in [0.4, 0.5) is 5.82 Å². The van der Waals surface area contributed by atoms with E-state index in [1.165, 1.54) is 0 Å². The number of rotatable bonds is 4. The van der Waals surface area contributed by atoms with Crippen LogP contribution in [0.3, 0.4) is 0 Å². The smallest absolute Gasteiger partial charge is 0.311 e. The fraction of sp³-hybridized carbons (Fsp3) is 0.286. The molecule has 0 aromatic carbocycles. The normalized spacial score (nSPS) is 10.4. The quantitative estimate of drug-likeness (QED) is 0.767. The Morgan fingerprint density at radius 3 is 2.71 bits per heavy atom. The average Bonchev–Trinajstić information content (AvgIpc) is 2.40. The lowest BCUT2D eigenvalue weighted by Crippen LogP contribution is -2.27. The van der Waals surface area contributed by atoms with Crippen LogP contribution in [0.15, 0.2) is 27.9 Å². The molecule has 0 unspecified atom stereocenters. The maximum atomic E-state index is 11.9. The van der Waals surface area contributed by atoms with Crippen molar-refractivity contribution < 1.29 is 4.79 Å². The second-order valence-corrected chi connectivity index (χ2v) is 4.73. The van der Waals surface area contributed by atoms with Gasteiger partial charge in [-0.05, 0) is 31.9 Å². The van der Waals surface area contributed by atoms with E-state index in [2.05, 4.69) is 20.3 Å². The standard InChI is InChI=1S/C14H16N4O3/c1-8-4-3-7-15-12(8)17-11(19)6-5-10-9(2)16-14(21)18-13(10)20/h3-4,7H,5-6H2,1-2H3,(H,15,17,19)(H2,16,18,20,21). The maximum Gasteiger partial charge on any atom is 0.325 e. The minimum Gasteiger partial charge on any atom is -0.311 e. The lowest BCUT2D eigenvalue weighted by molar-refractivity contribution is -0.116. The first-order valence-corrected chi connectivity index (χ1v) is 6.51. The Bertz CT molecular complexity index is 776. The molecule has 0 aliphatic heterocycles. The summed E-state index contributed by atoms with van der Waals surface area (Å²) >= 11 is 0. The SMILES string of the molecule is Cc1cccnc1NC(=O)CCc1c(C)[nH]c(=O)[nH]c1=O. The Hall–Kier alpha value is -2.70. The lowest BCUT2D eigenvalue weighted by Gasteiger charge is -2.07. The molecule has 0 spiro atoms. The van der Waals surface area contributed by atoms with E-state index in [1.54, 1.807) is 19.2 Å². The molecule has 0 fully saturated rings. The van der Waals surface area contributed by atoms with Crippen molar-refractivity contribution in [2.24, 2.45) is 0 Å². The van der Waals surface area contributed by atoms with Crippen molar-refractivity contribution in [1.82, 2.24) is 15.0 Å². The van der Waals surface area contributed by atoms with E-state index in [4.69, 9.17) is 0 Å². The molecule has 0 saturated carbocycles. The van der Waals surface area contributed by atoms with Crippen LogP contribution < -0.4 is 16.6 Å². The van der Waals surface area contributed by atoms with Crippen molar-refractivity contribution in [2.45, 2.75) is 26.7 Å². The zero-order chi connectivity index (χ0) is 15.4. The molecule has 0 radical (unpaired) electrons. The van der Waals surface area contributed by atoms with Gasteiger partial charge in [0.15, 0.2) is 0 Å². The van der Waals surface area contributed by atoms with E-state index in [1.807, 2.05) is 13.0 Å². The third-order valence-corrected chi connectivity index (χ3v) is 3.12. The van der Waals surface area contributed by atoms with Gasteiger partial charge in [0.25, 0.3) is 5.56 Å². The van der Waals surface area contributed by atoms with Crippen molar-refractivity contribution in [3.05, 3.63) is 56.0 Å². The van der Waals surface area contributed by atoms with Crippen molar-refractivity contribution in [3.8, 4) is 0 Å². The van der Waals surface area contributed by atoms with Gasteiger partial charge in [-0.15, -0.1) is 0 Å². The zero-order valence-corrected chi connectivity index (χ0v) is 11.8. The summed E-state index contributed by atoms with van der Waals surface area (Å²) < 4.78 is 0. The Labute approximate surface area is 120 Å². The molecular weight excluding hydrogens is 272 g/mol. The summed E-state index contributed by atoms with van der Waals surface area (Å²) in [6.45, 7) is 3.48. The number of aryl methyl sites for hydroxylation is 2. The van der Waals surface area contributed by atoms with Gasteiger partial charge in [-0.1, -0.05) is 6.07 Å². The van der Waals surface area contributed by atoms with E-state index in [0.29, 0.717) is 17.1 Å². The summed E-state index contributed by atoms with van der Waals surface area (Å²) in [4.78, 5) is 43.4. The number of hydrogen-bond donors (Lipinski definition) is 3. The molecule has 7 nitrogen and oxygen atoms in total. The fourth-order valence-electron chi connectivity index (χ4n) is 1.98. The van der Waals surface area contributed by atoms with Crippen LogP contribution in [-0.2, 0) is 11.2 Å². The second-order valence-electron chi connectivity index (χ2n) is 4.73. The van der Waals surface area contributed by atoms with Gasteiger partial charge in [0, 0.05) is 23.9 Å². The van der Waals surface area contributed by atoms with E-state index >= 15 is 0 Å². The van der Waals surface area contributed by atoms with E-state index < -0.39 is 11.2 Å². The highest BCUT2D eigenvalue weighted by Crippen LogP contribution is 2.10. The van der Waals surface area contributed by atoms with Gasteiger partial charge < -0.3 is 10.3 Å². The van der Waals surface area contributed by atoms with Gasteiger partial charge in [-0.2, -0.15) is 0 Å². The third-order valence-electron chi connectivity index (χ3n) is 3.12. The highest BCUT2D eigenvalue weighted by molar-refractivity contribution is 5.90. The molecule has 3 N–H and O–H groups in total. The van der Waals surface area contributed by atoms with Crippen LogP contribution in [0.5, 0.6) is 0 Å².